The van der Waals surface area contributed by atoms with Crippen molar-refractivity contribution in [3.8, 4) is 11.3 Å². The van der Waals surface area contributed by atoms with Gasteiger partial charge in [-0.1, -0.05) is 6.07 Å². The molecule has 22 heavy (non-hydrogen) atoms. The molecule has 5 nitrogen and oxygen atoms in total. The number of fused-ring (bicyclic) bond motifs is 1. The van der Waals surface area contributed by atoms with Crippen LogP contribution in [0.15, 0.2) is 30.5 Å². The van der Waals surface area contributed by atoms with Crippen molar-refractivity contribution in [3.05, 3.63) is 41.7 Å². The van der Waals surface area contributed by atoms with Crippen LogP contribution in [-0.2, 0) is 13.2 Å². The van der Waals surface area contributed by atoms with E-state index in [2.05, 4.69) is 10.1 Å². The van der Waals surface area contributed by atoms with Gasteiger partial charge in [0.1, 0.15) is 17.0 Å². The van der Waals surface area contributed by atoms with Gasteiger partial charge in [0.05, 0.1) is 0 Å². The summed E-state index contributed by atoms with van der Waals surface area (Å²) in [6.07, 6.45) is -3.11. The minimum absolute atomic E-state index is 0.00608. The van der Waals surface area contributed by atoms with Crippen LogP contribution in [0.5, 0.6) is 0 Å². The topological polar surface area (TPSA) is 70.9 Å². The van der Waals surface area contributed by atoms with E-state index >= 15 is 0 Å². The number of nitrogens with one attached hydrogen (secondary N) is 1. The zero-order valence-electron chi connectivity index (χ0n) is 11.3. The van der Waals surface area contributed by atoms with Gasteiger partial charge in [0.2, 0.25) is 0 Å². The maximum Gasteiger partial charge on any atom is 0.431 e. The van der Waals surface area contributed by atoms with Gasteiger partial charge in [-0.05, 0) is 18.2 Å². The summed E-state index contributed by atoms with van der Waals surface area (Å²) in [5.74, 6) is -1.15. The number of benzene rings is 1. The van der Waals surface area contributed by atoms with Gasteiger partial charge in [-0.2, -0.15) is 18.3 Å². The summed E-state index contributed by atoms with van der Waals surface area (Å²) in [6, 6.07) is 5.48. The van der Waals surface area contributed by atoms with Crippen LogP contribution in [0.1, 0.15) is 16.1 Å². The summed E-state index contributed by atoms with van der Waals surface area (Å²) in [5, 5.41) is 13.6. The molecule has 3 aromatic rings. The summed E-state index contributed by atoms with van der Waals surface area (Å²) in [7, 11) is 1.58. The zero-order chi connectivity index (χ0) is 16.1. The summed E-state index contributed by atoms with van der Waals surface area (Å²) in [5.41, 5.74) is 0.126. The highest BCUT2D eigenvalue weighted by molar-refractivity contribution is 5.96. The van der Waals surface area contributed by atoms with Gasteiger partial charge in [0.25, 0.3) is 0 Å². The zero-order valence-corrected chi connectivity index (χ0v) is 11.3. The Bertz CT molecular complexity index is 877. The Labute approximate surface area is 122 Å². The highest BCUT2D eigenvalue weighted by Crippen LogP contribution is 2.33. The van der Waals surface area contributed by atoms with Crippen LogP contribution in [0.4, 0.5) is 13.2 Å². The van der Waals surface area contributed by atoms with Crippen molar-refractivity contribution >= 4 is 16.9 Å². The average Bonchev–Trinajstić information content (AvgIpc) is 3.00. The number of nitrogens with zero attached hydrogens (tertiary/aromatic N) is 2. The lowest BCUT2D eigenvalue weighted by molar-refractivity contribution is -0.140. The van der Waals surface area contributed by atoms with Gasteiger partial charge in [-0.15, -0.1) is 0 Å². The van der Waals surface area contributed by atoms with Crippen LogP contribution in [0, 0.1) is 0 Å². The number of aromatic nitrogens is 3. The Kier molecular flexibility index (Phi) is 2.98. The fourth-order valence-corrected chi connectivity index (χ4v) is 2.29. The monoisotopic (exact) mass is 309 g/mol. The van der Waals surface area contributed by atoms with Gasteiger partial charge >= 0.3 is 12.1 Å². The first kappa shape index (κ1) is 14.2. The lowest BCUT2D eigenvalue weighted by Crippen LogP contribution is -2.04. The van der Waals surface area contributed by atoms with Crippen LogP contribution in [0.3, 0.4) is 0 Å². The maximum absolute atomic E-state index is 12.7. The second kappa shape index (κ2) is 4.62. The summed E-state index contributed by atoms with van der Waals surface area (Å²) in [6.45, 7) is 0. The molecule has 0 fully saturated rings. The third kappa shape index (κ3) is 2.32. The molecule has 114 valence electrons. The number of halogens is 3. The largest absolute Gasteiger partial charge is 0.478 e. The van der Waals surface area contributed by atoms with Crippen LogP contribution >= 0.6 is 0 Å². The molecule has 8 heteroatoms. The van der Waals surface area contributed by atoms with E-state index in [1.54, 1.807) is 7.05 Å². The SMILES string of the molecule is Cn1cc(C(=O)O)c(-c2ccc3[nH]c(C(F)(F)F)cc3c2)n1. The third-order valence-corrected chi connectivity index (χ3v) is 3.26. The minimum Gasteiger partial charge on any atom is -0.478 e. The van der Waals surface area contributed by atoms with Crippen molar-refractivity contribution in [2.45, 2.75) is 6.18 Å². The number of rotatable bonds is 2. The van der Waals surface area contributed by atoms with Gasteiger partial charge < -0.3 is 10.1 Å². The molecule has 0 aliphatic carbocycles. The van der Waals surface area contributed by atoms with E-state index in [1.807, 2.05) is 0 Å². The molecule has 2 N–H and O–H groups in total. The second-order valence-corrected chi connectivity index (χ2v) is 4.85. The number of hydrogen-bond donors (Lipinski definition) is 2. The normalized spacial score (nSPS) is 12.0. The number of aryl methyl sites for hydroxylation is 1. The van der Waals surface area contributed by atoms with Gasteiger partial charge in [0, 0.05) is 29.7 Å². The standard InChI is InChI=1S/C14H10F3N3O2/c1-20-6-9(13(21)22)12(19-20)7-2-3-10-8(4-7)5-11(18-10)14(15,16)17/h2-6,18H,1H3,(H,21,22). The molecular weight excluding hydrogens is 299 g/mol. The molecule has 3 rings (SSSR count). The van der Waals surface area contributed by atoms with Crippen molar-refractivity contribution in [1.82, 2.24) is 14.8 Å². The number of carbonyl (C=O) groups is 1. The molecule has 0 radical (unpaired) electrons. The predicted molar refractivity (Wildman–Crippen MR) is 72.5 cm³/mol. The number of aromatic amines is 1. The molecule has 0 atom stereocenters. The fourth-order valence-electron chi connectivity index (χ4n) is 2.29. The number of H-pyrrole nitrogens is 1. The second-order valence-electron chi connectivity index (χ2n) is 4.85. The highest BCUT2D eigenvalue weighted by atomic mass is 19.4. The molecule has 0 spiro atoms. The van der Waals surface area contributed by atoms with Gasteiger partial charge in [-0.25, -0.2) is 4.79 Å². The molecule has 0 bridgehead atoms. The number of aromatic carboxylic acids is 1. The highest BCUT2D eigenvalue weighted by Gasteiger charge is 2.32. The predicted octanol–water partition coefficient (Wildman–Crippen LogP) is 3.29. The van der Waals surface area contributed by atoms with Crippen molar-refractivity contribution in [1.29, 1.82) is 0 Å². The molecule has 2 heterocycles. The summed E-state index contributed by atoms with van der Waals surface area (Å²) < 4.78 is 39.4. The number of alkyl halides is 3. The number of carboxylic acids is 1. The first-order valence-corrected chi connectivity index (χ1v) is 6.23. The number of carboxylic acid groups (broad SMARTS) is 1. The Morgan fingerprint density at radius 2 is 2.05 bits per heavy atom. The van der Waals surface area contributed by atoms with E-state index in [1.165, 1.54) is 29.1 Å². The molecule has 2 aromatic heterocycles. The summed E-state index contributed by atoms with van der Waals surface area (Å²) in [4.78, 5) is 13.5. The molecular formula is C14H10F3N3O2. The molecule has 1 aromatic carbocycles. The van der Waals surface area contributed by atoms with E-state index in [0.717, 1.165) is 6.07 Å². The third-order valence-electron chi connectivity index (χ3n) is 3.26. The Morgan fingerprint density at radius 3 is 2.68 bits per heavy atom. The lowest BCUT2D eigenvalue weighted by Gasteiger charge is -2.00. The fraction of sp³-hybridized carbons (Fsp3) is 0.143. The quantitative estimate of drug-likeness (QED) is 0.763. The van der Waals surface area contributed by atoms with Gasteiger partial charge in [0.15, 0.2) is 0 Å². The first-order valence-electron chi connectivity index (χ1n) is 6.23. The molecule has 0 aliphatic heterocycles. The van der Waals surface area contributed by atoms with Crippen molar-refractivity contribution < 1.29 is 23.1 Å². The van der Waals surface area contributed by atoms with E-state index in [-0.39, 0.29) is 11.3 Å². The Hall–Kier alpha value is -2.77. The lowest BCUT2D eigenvalue weighted by atomic mass is 10.1. The van der Waals surface area contributed by atoms with Gasteiger partial charge in [-0.3, -0.25) is 4.68 Å². The van der Waals surface area contributed by atoms with E-state index in [9.17, 15) is 18.0 Å². The van der Waals surface area contributed by atoms with E-state index in [4.69, 9.17) is 5.11 Å². The maximum atomic E-state index is 12.7. The molecule has 0 amide bonds. The van der Waals surface area contributed by atoms with Crippen LogP contribution < -0.4 is 0 Å². The molecule has 0 saturated carbocycles. The first-order chi connectivity index (χ1) is 10.3. The van der Waals surface area contributed by atoms with E-state index < -0.39 is 17.8 Å². The van der Waals surface area contributed by atoms with Crippen molar-refractivity contribution in [2.24, 2.45) is 7.05 Å². The van der Waals surface area contributed by atoms with Crippen LogP contribution in [0.2, 0.25) is 0 Å². The average molecular weight is 309 g/mol. The van der Waals surface area contributed by atoms with Crippen LogP contribution in [-0.4, -0.2) is 25.8 Å². The van der Waals surface area contributed by atoms with Crippen LogP contribution in [0.25, 0.3) is 22.2 Å². The minimum atomic E-state index is -4.46. The van der Waals surface area contributed by atoms with Crippen molar-refractivity contribution in [2.75, 3.05) is 0 Å². The van der Waals surface area contributed by atoms with E-state index in [0.29, 0.717) is 16.5 Å². The Morgan fingerprint density at radius 1 is 1.32 bits per heavy atom. The molecule has 0 unspecified atom stereocenters. The van der Waals surface area contributed by atoms with Crippen molar-refractivity contribution in [3.63, 3.8) is 0 Å². The Balaban J connectivity index is 2.15. The molecule has 0 saturated heterocycles. The smallest absolute Gasteiger partial charge is 0.431 e. The molecule has 0 aliphatic rings. The summed E-state index contributed by atoms with van der Waals surface area (Å²) >= 11 is 0. The number of hydrogen-bond acceptors (Lipinski definition) is 2.